The fraction of sp³-hybridized carbons (Fsp3) is 0.625. The maximum Gasteiger partial charge on any atom is 0.320 e. The number of hydrogen-bond donors (Lipinski definition) is 2. The Labute approximate surface area is 86.7 Å². The van der Waals surface area contributed by atoms with Crippen LogP contribution in [0.3, 0.4) is 0 Å². The number of thioether (sulfide) groups is 1. The van der Waals surface area contributed by atoms with Gasteiger partial charge in [-0.15, -0.1) is 0 Å². The third-order valence-electron chi connectivity index (χ3n) is 1.57. The molecular weight excluding hydrogens is 202 g/mol. The largest absolute Gasteiger partial charge is 0.337 e. The lowest BCUT2D eigenvalue weighted by molar-refractivity contribution is -0.116. The molecule has 0 aliphatic carbocycles. The van der Waals surface area contributed by atoms with Crippen LogP contribution in [-0.4, -0.2) is 35.8 Å². The fourth-order valence-corrected chi connectivity index (χ4v) is 1.63. The van der Waals surface area contributed by atoms with E-state index in [1.807, 2.05) is 0 Å². The lowest BCUT2D eigenvalue weighted by Crippen LogP contribution is -2.38. The number of carbonyl (C=O) groups excluding carboxylic acids is 2. The molecule has 5 nitrogen and oxygen atoms in total. The number of Topliss-reactive ketones (excluding diaryl/α,β-unsaturated/α-hetero) is 1. The minimum Gasteiger partial charge on any atom is -0.337 e. The molecule has 1 heterocycles. The third kappa shape index (κ3) is 4.27. The standard InChI is InChI=1S/C8H13N3O2S/c1-6(12)2-3-9-7(13)11-8-10-4-5-14-8/h2-5H2,1H3,(H2,9,10,11,13). The molecule has 0 aromatic carbocycles. The molecule has 1 rings (SSSR count). The molecule has 0 spiro atoms. The zero-order valence-corrected chi connectivity index (χ0v) is 8.82. The zero-order chi connectivity index (χ0) is 10.4. The predicted octanol–water partition coefficient (Wildman–Crippen LogP) is 0.368. The van der Waals surface area contributed by atoms with Crippen LogP contribution in [0.1, 0.15) is 13.3 Å². The summed E-state index contributed by atoms with van der Waals surface area (Å²) in [5, 5.41) is 5.84. The number of nitrogens with one attached hydrogen (secondary N) is 2. The molecule has 0 fully saturated rings. The van der Waals surface area contributed by atoms with Gasteiger partial charge in [0.1, 0.15) is 5.78 Å². The number of urea groups is 1. The summed E-state index contributed by atoms with van der Waals surface area (Å²) in [5.41, 5.74) is 0. The Morgan fingerprint density at radius 1 is 1.57 bits per heavy atom. The summed E-state index contributed by atoms with van der Waals surface area (Å²) in [6, 6.07) is -0.292. The van der Waals surface area contributed by atoms with Gasteiger partial charge in [0.2, 0.25) is 0 Å². The van der Waals surface area contributed by atoms with Crippen molar-refractivity contribution >= 4 is 28.7 Å². The van der Waals surface area contributed by atoms with Crippen molar-refractivity contribution in [2.45, 2.75) is 13.3 Å². The molecule has 0 aromatic heterocycles. The average Bonchev–Trinajstić information content (AvgIpc) is 2.56. The first kappa shape index (κ1) is 11.0. The maximum atomic E-state index is 11.2. The number of aliphatic imine (C=N–C) groups is 1. The minimum atomic E-state index is -0.292. The third-order valence-corrected chi connectivity index (χ3v) is 2.46. The van der Waals surface area contributed by atoms with Gasteiger partial charge in [0.15, 0.2) is 5.17 Å². The van der Waals surface area contributed by atoms with Crippen molar-refractivity contribution < 1.29 is 9.59 Å². The van der Waals surface area contributed by atoms with Crippen molar-refractivity contribution in [3.63, 3.8) is 0 Å². The second kappa shape index (κ2) is 5.64. The SMILES string of the molecule is CC(=O)CCNC(=O)NC1=NCCS1. The molecule has 1 aliphatic heterocycles. The monoisotopic (exact) mass is 215 g/mol. The smallest absolute Gasteiger partial charge is 0.320 e. The van der Waals surface area contributed by atoms with Crippen molar-refractivity contribution in [1.82, 2.24) is 10.6 Å². The highest BCUT2D eigenvalue weighted by molar-refractivity contribution is 8.14. The van der Waals surface area contributed by atoms with E-state index in [4.69, 9.17) is 0 Å². The van der Waals surface area contributed by atoms with Crippen LogP contribution in [0.15, 0.2) is 4.99 Å². The molecule has 0 unspecified atom stereocenters. The number of hydrogen-bond acceptors (Lipinski definition) is 4. The highest BCUT2D eigenvalue weighted by atomic mass is 32.2. The van der Waals surface area contributed by atoms with Crippen LogP contribution in [0.5, 0.6) is 0 Å². The molecule has 0 bridgehead atoms. The van der Waals surface area contributed by atoms with Gasteiger partial charge in [-0.2, -0.15) is 0 Å². The zero-order valence-electron chi connectivity index (χ0n) is 8.00. The topological polar surface area (TPSA) is 70.6 Å². The van der Waals surface area contributed by atoms with Crippen LogP contribution in [0, 0.1) is 0 Å². The van der Waals surface area contributed by atoms with Crippen molar-refractivity contribution in [1.29, 1.82) is 0 Å². The first-order valence-corrected chi connectivity index (χ1v) is 5.38. The normalized spacial score (nSPS) is 14.8. The first-order chi connectivity index (χ1) is 6.68. The van der Waals surface area contributed by atoms with Gasteiger partial charge in [0, 0.05) is 18.7 Å². The first-order valence-electron chi connectivity index (χ1n) is 4.40. The molecule has 2 N–H and O–H groups in total. The highest BCUT2D eigenvalue weighted by Gasteiger charge is 2.09. The molecule has 0 atom stereocenters. The number of amides is 2. The van der Waals surface area contributed by atoms with Crippen molar-refractivity contribution in [3.05, 3.63) is 0 Å². The summed E-state index contributed by atoms with van der Waals surface area (Å²) in [7, 11) is 0. The summed E-state index contributed by atoms with van der Waals surface area (Å²) in [4.78, 5) is 25.8. The van der Waals surface area contributed by atoms with E-state index in [9.17, 15) is 9.59 Å². The van der Waals surface area contributed by atoms with Crippen LogP contribution >= 0.6 is 11.8 Å². The summed E-state index contributed by atoms with van der Waals surface area (Å²) in [6.45, 7) is 2.63. The highest BCUT2D eigenvalue weighted by Crippen LogP contribution is 2.08. The second-order valence-electron chi connectivity index (χ2n) is 2.87. The molecule has 1 aliphatic rings. The van der Waals surface area contributed by atoms with Crippen LogP contribution in [-0.2, 0) is 4.79 Å². The van der Waals surface area contributed by atoms with Gasteiger partial charge in [-0.1, -0.05) is 11.8 Å². The number of amidine groups is 1. The van der Waals surface area contributed by atoms with E-state index in [0.29, 0.717) is 18.1 Å². The van der Waals surface area contributed by atoms with E-state index in [1.165, 1.54) is 18.7 Å². The number of rotatable bonds is 3. The van der Waals surface area contributed by atoms with E-state index in [2.05, 4.69) is 15.6 Å². The lowest BCUT2D eigenvalue weighted by Gasteiger charge is -2.04. The van der Waals surface area contributed by atoms with Crippen LogP contribution < -0.4 is 10.6 Å². The van der Waals surface area contributed by atoms with E-state index in [-0.39, 0.29) is 11.8 Å². The number of carbonyl (C=O) groups is 2. The molecule has 0 aromatic rings. The molecule has 14 heavy (non-hydrogen) atoms. The quantitative estimate of drug-likeness (QED) is 0.714. The molecule has 78 valence electrons. The van der Waals surface area contributed by atoms with E-state index >= 15 is 0 Å². The fourth-order valence-electron chi connectivity index (χ4n) is 0.904. The Morgan fingerprint density at radius 2 is 2.36 bits per heavy atom. The van der Waals surface area contributed by atoms with E-state index < -0.39 is 0 Å². The Morgan fingerprint density at radius 3 is 2.93 bits per heavy atom. The molecule has 0 saturated heterocycles. The van der Waals surface area contributed by atoms with Gasteiger partial charge in [0.25, 0.3) is 0 Å². The minimum absolute atomic E-state index is 0.0675. The lowest BCUT2D eigenvalue weighted by atomic mass is 10.3. The van der Waals surface area contributed by atoms with Gasteiger partial charge >= 0.3 is 6.03 Å². The van der Waals surface area contributed by atoms with Gasteiger partial charge in [-0.05, 0) is 6.92 Å². The van der Waals surface area contributed by atoms with Crippen LogP contribution in [0.25, 0.3) is 0 Å². The van der Waals surface area contributed by atoms with Gasteiger partial charge in [0.05, 0.1) is 6.54 Å². The summed E-state index contributed by atoms with van der Waals surface area (Å²) < 4.78 is 0. The number of nitrogens with zero attached hydrogens (tertiary/aromatic N) is 1. The second-order valence-corrected chi connectivity index (χ2v) is 3.95. The molecule has 0 saturated carbocycles. The summed E-state index contributed by atoms with van der Waals surface area (Å²) in [5.74, 6) is 0.987. The Hall–Kier alpha value is -1.04. The van der Waals surface area contributed by atoms with E-state index in [1.54, 1.807) is 0 Å². The molecule has 0 radical (unpaired) electrons. The maximum absolute atomic E-state index is 11.2. The Bertz CT molecular complexity index is 265. The summed E-state index contributed by atoms with van der Waals surface area (Å²) >= 11 is 1.52. The van der Waals surface area contributed by atoms with Crippen molar-refractivity contribution in [3.8, 4) is 0 Å². The summed E-state index contributed by atoms with van der Waals surface area (Å²) in [6.07, 6.45) is 0.368. The molecular formula is C8H13N3O2S. The Balaban J connectivity index is 2.12. The molecule has 6 heteroatoms. The van der Waals surface area contributed by atoms with Gasteiger partial charge in [-0.25, -0.2) is 4.79 Å². The van der Waals surface area contributed by atoms with E-state index in [0.717, 1.165) is 12.3 Å². The predicted molar refractivity (Wildman–Crippen MR) is 56.6 cm³/mol. The number of ketones is 1. The van der Waals surface area contributed by atoms with Gasteiger partial charge < -0.3 is 5.32 Å². The Kier molecular flexibility index (Phi) is 4.45. The van der Waals surface area contributed by atoms with Crippen molar-refractivity contribution in [2.75, 3.05) is 18.8 Å². The van der Waals surface area contributed by atoms with Crippen LogP contribution in [0.2, 0.25) is 0 Å². The average molecular weight is 215 g/mol. The molecule has 2 amide bonds. The van der Waals surface area contributed by atoms with Crippen molar-refractivity contribution in [2.24, 2.45) is 4.99 Å². The van der Waals surface area contributed by atoms with Crippen LogP contribution in [0.4, 0.5) is 4.79 Å². The van der Waals surface area contributed by atoms with Gasteiger partial charge in [-0.3, -0.25) is 15.1 Å².